The summed E-state index contributed by atoms with van der Waals surface area (Å²) >= 11 is 3.19. The van der Waals surface area contributed by atoms with E-state index < -0.39 is 23.4 Å². The second-order valence-corrected chi connectivity index (χ2v) is 5.60. The lowest BCUT2D eigenvalue weighted by molar-refractivity contribution is 0.165. The minimum absolute atomic E-state index is 0.0332. The van der Waals surface area contributed by atoms with Gasteiger partial charge in [-0.3, -0.25) is 4.90 Å². The van der Waals surface area contributed by atoms with E-state index in [2.05, 4.69) is 26.8 Å². The Labute approximate surface area is 125 Å². The largest absolute Gasteiger partial charge is 0.385 e. The van der Waals surface area contributed by atoms with Gasteiger partial charge in [0.25, 0.3) is 0 Å². The zero-order valence-electron chi connectivity index (χ0n) is 11.0. The molecule has 2 atom stereocenters. The monoisotopic (exact) mass is 337 g/mol. The minimum atomic E-state index is -1.19. The number of amidine groups is 1. The average molecular weight is 338 g/mol. The molecule has 1 aliphatic rings. The smallest absolute Gasteiger partial charge is 0.347 e. The number of terminal acetylenes is 1. The predicted molar refractivity (Wildman–Crippen MR) is 78.6 cm³/mol. The van der Waals surface area contributed by atoms with Crippen molar-refractivity contribution >= 4 is 27.8 Å². The number of carbonyl (C=O) groups is 1. The van der Waals surface area contributed by atoms with Crippen LogP contribution in [0, 0.1) is 18.2 Å². The van der Waals surface area contributed by atoms with Gasteiger partial charge in [-0.15, -0.1) is 6.42 Å². The highest BCUT2D eigenvalue weighted by Crippen LogP contribution is 2.37. The molecule has 20 heavy (non-hydrogen) atoms. The second-order valence-electron chi connectivity index (χ2n) is 4.69. The summed E-state index contributed by atoms with van der Waals surface area (Å²) in [7, 11) is 0. The number of amides is 2. The summed E-state index contributed by atoms with van der Waals surface area (Å²) in [6.45, 7) is 3.30. The van der Waals surface area contributed by atoms with E-state index in [1.165, 1.54) is 11.0 Å². The molecule has 0 spiro atoms. The van der Waals surface area contributed by atoms with Crippen molar-refractivity contribution in [1.82, 2.24) is 4.90 Å². The number of nitrogens with zero attached hydrogens (tertiary/aromatic N) is 2. The molecule has 0 aromatic heterocycles. The van der Waals surface area contributed by atoms with Gasteiger partial charge in [0.2, 0.25) is 0 Å². The van der Waals surface area contributed by atoms with E-state index in [4.69, 9.17) is 12.2 Å². The van der Waals surface area contributed by atoms with Crippen LogP contribution >= 0.6 is 15.9 Å². The first-order valence-electron chi connectivity index (χ1n) is 5.92. The van der Waals surface area contributed by atoms with Crippen molar-refractivity contribution in [2.75, 3.05) is 0 Å². The van der Waals surface area contributed by atoms with Crippen molar-refractivity contribution in [3.05, 3.63) is 34.1 Å². The molecule has 0 saturated carbocycles. The highest BCUT2D eigenvalue weighted by atomic mass is 79.9. The quantitative estimate of drug-likeness (QED) is 0.843. The molecule has 1 heterocycles. The van der Waals surface area contributed by atoms with Crippen LogP contribution in [-0.4, -0.2) is 22.8 Å². The Morgan fingerprint density at radius 2 is 2.25 bits per heavy atom. The maximum atomic E-state index is 14.3. The Bertz CT molecular complexity index is 652. The van der Waals surface area contributed by atoms with Crippen LogP contribution in [0.4, 0.5) is 9.18 Å². The zero-order valence-corrected chi connectivity index (χ0v) is 12.6. The molecule has 104 valence electrons. The van der Waals surface area contributed by atoms with E-state index in [0.717, 1.165) is 0 Å². The van der Waals surface area contributed by atoms with Gasteiger partial charge in [0.05, 0.1) is 6.04 Å². The maximum Gasteiger partial charge on any atom is 0.347 e. The molecule has 0 radical (unpaired) electrons. The highest BCUT2D eigenvalue weighted by Gasteiger charge is 2.49. The van der Waals surface area contributed by atoms with E-state index in [1.54, 1.807) is 26.0 Å². The normalized spacial score (nSPS) is 23.4. The van der Waals surface area contributed by atoms with Crippen molar-refractivity contribution in [3.8, 4) is 12.3 Å². The van der Waals surface area contributed by atoms with Crippen LogP contribution in [0.15, 0.2) is 27.7 Å². The molecule has 2 N–H and O–H groups in total. The van der Waals surface area contributed by atoms with Gasteiger partial charge < -0.3 is 5.73 Å². The van der Waals surface area contributed by atoms with Gasteiger partial charge in [0.1, 0.15) is 17.2 Å². The Balaban J connectivity index is 2.63. The molecule has 6 heteroatoms. The fourth-order valence-corrected chi connectivity index (χ4v) is 2.69. The molecule has 0 saturated heterocycles. The summed E-state index contributed by atoms with van der Waals surface area (Å²) in [4.78, 5) is 17.0. The van der Waals surface area contributed by atoms with Gasteiger partial charge in [-0.05, 0) is 26.0 Å². The SMILES string of the molecule is C#CC(C)N1C(=O)N=C(N)C1(C)c1ccc(Br)cc1F. The standard InChI is InChI=1S/C14H13BrFN3O/c1-4-8(2)19-13(20)18-12(17)14(19,3)10-6-5-9(15)7-11(10)16/h1,5-8H,2-3H3,(H2,17,18,20). The summed E-state index contributed by atoms with van der Waals surface area (Å²) in [6.07, 6.45) is 5.38. The molecule has 1 aliphatic heterocycles. The lowest BCUT2D eigenvalue weighted by atomic mass is 9.88. The number of urea groups is 1. The van der Waals surface area contributed by atoms with Crippen LogP contribution in [0.25, 0.3) is 0 Å². The summed E-state index contributed by atoms with van der Waals surface area (Å²) < 4.78 is 14.9. The molecule has 4 nitrogen and oxygen atoms in total. The second kappa shape index (κ2) is 4.91. The number of benzene rings is 1. The first-order chi connectivity index (χ1) is 9.32. The molecule has 0 fully saturated rings. The molecule has 1 aromatic carbocycles. The minimum Gasteiger partial charge on any atom is -0.385 e. The molecule has 1 aromatic rings. The van der Waals surface area contributed by atoms with Crippen molar-refractivity contribution in [1.29, 1.82) is 0 Å². The molecule has 0 bridgehead atoms. The Morgan fingerprint density at radius 1 is 1.60 bits per heavy atom. The van der Waals surface area contributed by atoms with Crippen LogP contribution < -0.4 is 5.73 Å². The Kier molecular flexibility index (Phi) is 3.57. The number of hydrogen-bond donors (Lipinski definition) is 1. The van der Waals surface area contributed by atoms with Crippen molar-refractivity contribution in [2.45, 2.75) is 25.4 Å². The highest BCUT2D eigenvalue weighted by molar-refractivity contribution is 9.10. The Morgan fingerprint density at radius 3 is 2.80 bits per heavy atom. The van der Waals surface area contributed by atoms with E-state index in [1.807, 2.05) is 0 Å². The molecule has 2 unspecified atom stereocenters. The number of nitrogens with two attached hydrogens (primary N) is 1. The van der Waals surface area contributed by atoms with Gasteiger partial charge >= 0.3 is 6.03 Å². The molecule has 2 rings (SSSR count). The molecular weight excluding hydrogens is 325 g/mol. The summed E-state index contributed by atoms with van der Waals surface area (Å²) in [5.41, 5.74) is 4.94. The van der Waals surface area contributed by atoms with E-state index in [9.17, 15) is 9.18 Å². The number of carbonyl (C=O) groups excluding carboxylic acids is 1. The third kappa shape index (κ3) is 1.98. The number of hydrogen-bond acceptors (Lipinski definition) is 2. The van der Waals surface area contributed by atoms with E-state index >= 15 is 0 Å². The first-order valence-corrected chi connectivity index (χ1v) is 6.71. The maximum absolute atomic E-state index is 14.3. The van der Waals surface area contributed by atoms with Crippen LogP contribution in [0.2, 0.25) is 0 Å². The lowest BCUT2D eigenvalue weighted by Gasteiger charge is -2.37. The van der Waals surface area contributed by atoms with Gasteiger partial charge in [-0.2, -0.15) is 4.99 Å². The number of aliphatic imine (C=N–C) groups is 1. The van der Waals surface area contributed by atoms with Crippen molar-refractivity contribution in [2.24, 2.45) is 10.7 Å². The third-order valence-corrected chi connectivity index (χ3v) is 3.98. The molecule has 2 amide bonds. The van der Waals surface area contributed by atoms with Gasteiger partial charge in [-0.25, -0.2) is 9.18 Å². The number of halogens is 2. The summed E-state index contributed by atoms with van der Waals surface area (Å²) in [5, 5.41) is 0. The van der Waals surface area contributed by atoms with Crippen LogP contribution in [0.3, 0.4) is 0 Å². The fourth-order valence-electron chi connectivity index (χ4n) is 2.36. The van der Waals surface area contributed by atoms with E-state index in [-0.39, 0.29) is 11.4 Å². The predicted octanol–water partition coefficient (Wildman–Crippen LogP) is 2.62. The molecular formula is C14H13BrFN3O. The molecule has 0 aliphatic carbocycles. The van der Waals surface area contributed by atoms with Gasteiger partial charge in [-0.1, -0.05) is 27.9 Å². The first kappa shape index (κ1) is 14.5. The van der Waals surface area contributed by atoms with Crippen LogP contribution in [0.5, 0.6) is 0 Å². The van der Waals surface area contributed by atoms with Gasteiger partial charge in [0.15, 0.2) is 0 Å². The van der Waals surface area contributed by atoms with Crippen molar-refractivity contribution < 1.29 is 9.18 Å². The summed E-state index contributed by atoms with van der Waals surface area (Å²) in [6, 6.07) is 3.45. The fraction of sp³-hybridized carbons (Fsp3) is 0.286. The van der Waals surface area contributed by atoms with Crippen LogP contribution in [-0.2, 0) is 5.54 Å². The topological polar surface area (TPSA) is 58.7 Å². The average Bonchev–Trinajstić information content (AvgIpc) is 2.59. The Hall–Kier alpha value is -1.87. The zero-order chi connectivity index (χ0) is 15.1. The van der Waals surface area contributed by atoms with E-state index in [0.29, 0.717) is 4.47 Å². The summed E-state index contributed by atoms with van der Waals surface area (Å²) in [5.74, 6) is 2.01. The van der Waals surface area contributed by atoms with Crippen LogP contribution in [0.1, 0.15) is 19.4 Å². The number of rotatable bonds is 2. The van der Waals surface area contributed by atoms with Gasteiger partial charge in [0, 0.05) is 10.0 Å². The lowest BCUT2D eigenvalue weighted by Crippen LogP contribution is -2.53. The third-order valence-electron chi connectivity index (χ3n) is 3.49. The van der Waals surface area contributed by atoms with Crippen molar-refractivity contribution in [3.63, 3.8) is 0 Å².